The number of benzene rings is 1. The van der Waals surface area contributed by atoms with Crippen LogP contribution in [0.4, 0.5) is 0 Å². The van der Waals surface area contributed by atoms with E-state index in [9.17, 15) is 0 Å². The van der Waals surface area contributed by atoms with E-state index in [1.165, 1.54) is 0 Å². The van der Waals surface area contributed by atoms with Gasteiger partial charge in [0.2, 0.25) is 0 Å². The lowest BCUT2D eigenvalue weighted by Gasteiger charge is -2.18. The molecule has 1 heterocycles. The van der Waals surface area contributed by atoms with Gasteiger partial charge in [-0.25, -0.2) is 0 Å². The maximum absolute atomic E-state index is 6.40. The standard InChI is InChI=1S/C15H18BrCl2N3/c1-4-21-14(15(18)9(2)20-21)8-13(19-3)10-5-11(16)7-12(17)6-10/h5-7,13,19H,4,8H2,1-3H3. The molecule has 6 heteroatoms. The Labute approximate surface area is 143 Å². The fourth-order valence-electron chi connectivity index (χ4n) is 2.42. The van der Waals surface area contributed by atoms with E-state index < -0.39 is 0 Å². The number of aryl methyl sites for hydroxylation is 2. The number of nitrogens with zero attached hydrogens (tertiary/aromatic N) is 2. The third kappa shape index (κ3) is 3.81. The Morgan fingerprint density at radius 2 is 2.05 bits per heavy atom. The highest BCUT2D eigenvalue weighted by atomic mass is 79.9. The van der Waals surface area contributed by atoms with E-state index >= 15 is 0 Å². The second-order valence-corrected chi connectivity index (χ2v) is 6.64. The molecule has 0 aliphatic rings. The van der Waals surface area contributed by atoms with Crippen molar-refractivity contribution in [3.63, 3.8) is 0 Å². The van der Waals surface area contributed by atoms with Gasteiger partial charge in [0.1, 0.15) is 0 Å². The first-order valence-corrected chi connectivity index (χ1v) is 8.36. The van der Waals surface area contributed by atoms with Crippen molar-refractivity contribution in [1.29, 1.82) is 0 Å². The molecule has 0 radical (unpaired) electrons. The molecule has 1 N–H and O–H groups in total. The lowest BCUT2D eigenvalue weighted by Crippen LogP contribution is -2.20. The van der Waals surface area contributed by atoms with Crippen molar-refractivity contribution >= 4 is 39.1 Å². The summed E-state index contributed by atoms with van der Waals surface area (Å²) >= 11 is 16.0. The van der Waals surface area contributed by atoms with E-state index in [0.29, 0.717) is 5.02 Å². The number of hydrogen-bond donors (Lipinski definition) is 1. The van der Waals surface area contributed by atoms with Crippen LogP contribution in [0.5, 0.6) is 0 Å². The summed E-state index contributed by atoms with van der Waals surface area (Å²) in [5, 5.41) is 9.26. The van der Waals surface area contributed by atoms with Crippen molar-refractivity contribution in [2.75, 3.05) is 7.05 Å². The predicted molar refractivity (Wildman–Crippen MR) is 92.3 cm³/mol. The van der Waals surface area contributed by atoms with Crippen LogP contribution in [-0.2, 0) is 13.0 Å². The number of nitrogens with one attached hydrogen (secondary N) is 1. The Morgan fingerprint density at radius 1 is 1.33 bits per heavy atom. The third-order valence-electron chi connectivity index (χ3n) is 3.49. The smallest absolute Gasteiger partial charge is 0.0847 e. The zero-order chi connectivity index (χ0) is 15.6. The Balaban J connectivity index is 2.35. The molecule has 0 spiro atoms. The molecule has 1 unspecified atom stereocenters. The number of hydrogen-bond acceptors (Lipinski definition) is 2. The maximum atomic E-state index is 6.40. The van der Waals surface area contributed by atoms with Crippen molar-refractivity contribution in [2.24, 2.45) is 0 Å². The fourth-order valence-corrected chi connectivity index (χ4v) is 3.52. The normalized spacial score (nSPS) is 12.7. The maximum Gasteiger partial charge on any atom is 0.0847 e. The Hall–Kier alpha value is -0.550. The minimum Gasteiger partial charge on any atom is -0.313 e. The van der Waals surface area contributed by atoms with Crippen LogP contribution in [0.3, 0.4) is 0 Å². The van der Waals surface area contributed by atoms with Crippen LogP contribution in [-0.4, -0.2) is 16.8 Å². The first-order valence-electron chi connectivity index (χ1n) is 6.81. The summed E-state index contributed by atoms with van der Waals surface area (Å²) in [5.74, 6) is 0. The van der Waals surface area contributed by atoms with Crippen LogP contribution < -0.4 is 5.32 Å². The summed E-state index contributed by atoms with van der Waals surface area (Å²) in [4.78, 5) is 0. The average Bonchev–Trinajstić information content (AvgIpc) is 2.70. The molecule has 21 heavy (non-hydrogen) atoms. The highest BCUT2D eigenvalue weighted by Crippen LogP contribution is 2.29. The highest BCUT2D eigenvalue weighted by molar-refractivity contribution is 9.10. The molecule has 0 aliphatic heterocycles. The fraction of sp³-hybridized carbons (Fsp3) is 0.400. The van der Waals surface area contributed by atoms with Gasteiger partial charge in [0.25, 0.3) is 0 Å². The van der Waals surface area contributed by atoms with Crippen LogP contribution in [0, 0.1) is 6.92 Å². The molecule has 2 rings (SSSR count). The van der Waals surface area contributed by atoms with E-state index in [1.807, 2.05) is 30.8 Å². The second-order valence-electron chi connectivity index (χ2n) is 4.91. The predicted octanol–water partition coefficient (Wildman–Crippen LogP) is 4.78. The van der Waals surface area contributed by atoms with Gasteiger partial charge in [0, 0.05) is 28.5 Å². The minimum absolute atomic E-state index is 0.124. The number of aromatic nitrogens is 2. The number of likely N-dealkylation sites (N-methyl/N-ethyl adjacent to an activating group) is 1. The summed E-state index contributed by atoms with van der Waals surface area (Å²) in [6.45, 7) is 4.80. The first-order chi connectivity index (χ1) is 9.96. The number of rotatable bonds is 5. The zero-order valence-electron chi connectivity index (χ0n) is 12.3. The molecule has 3 nitrogen and oxygen atoms in total. The van der Waals surface area contributed by atoms with Crippen molar-refractivity contribution < 1.29 is 0 Å². The largest absolute Gasteiger partial charge is 0.313 e. The Bertz CT molecular complexity index is 620. The SMILES string of the molecule is CCn1nc(C)c(Cl)c1CC(NC)c1cc(Cl)cc(Br)c1. The van der Waals surface area contributed by atoms with Crippen LogP contribution in [0.1, 0.15) is 29.9 Å². The molecule has 0 aliphatic carbocycles. The number of halogens is 3. The molecule has 2 aromatic rings. The summed E-state index contributed by atoms with van der Waals surface area (Å²) in [6, 6.07) is 6.05. The Kier molecular flexibility index (Phi) is 5.72. The lowest BCUT2D eigenvalue weighted by atomic mass is 10.0. The van der Waals surface area contributed by atoms with Gasteiger partial charge in [-0.2, -0.15) is 5.10 Å². The van der Waals surface area contributed by atoms with Gasteiger partial charge in [0.05, 0.1) is 16.4 Å². The summed E-state index contributed by atoms with van der Waals surface area (Å²) < 4.78 is 2.93. The van der Waals surface area contributed by atoms with Crippen LogP contribution in [0.25, 0.3) is 0 Å². The van der Waals surface area contributed by atoms with Gasteiger partial charge >= 0.3 is 0 Å². The van der Waals surface area contributed by atoms with E-state index in [-0.39, 0.29) is 6.04 Å². The highest BCUT2D eigenvalue weighted by Gasteiger charge is 2.18. The van der Waals surface area contributed by atoms with Crippen molar-refractivity contribution in [3.8, 4) is 0 Å². The monoisotopic (exact) mass is 389 g/mol. The molecule has 0 saturated carbocycles. The molecule has 1 aromatic carbocycles. The van der Waals surface area contributed by atoms with Crippen molar-refractivity contribution in [2.45, 2.75) is 32.9 Å². The van der Waals surface area contributed by atoms with Gasteiger partial charge in [0.15, 0.2) is 0 Å². The van der Waals surface area contributed by atoms with E-state index in [1.54, 1.807) is 0 Å². The molecule has 1 atom stereocenters. The van der Waals surface area contributed by atoms with Gasteiger partial charge < -0.3 is 5.32 Å². The molecule has 114 valence electrons. The molecular formula is C15H18BrCl2N3. The van der Waals surface area contributed by atoms with E-state index in [0.717, 1.165) is 39.4 Å². The summed E-state index contributed by atoms with van der Waals surface area (Å²) in [7, 11) is 1.94. The van der Waals surface area contributed by atoms with E-state index in [4.69, 9.17) is 23.2 Å². The van der Waals surface area contributed by atoms with Gasteiger partial charge in [-0.1, -0.05) is 39.1 Å². The van der Waals surface area contributed by atoms with Crippen LogP contribution >= 0.6 is 39.1 Å². The lowest BCUT2D eigenvalue weighted by molar-refractivity contribution is 0.541. The molecule has 0 saturated heterocycles. The van der Waals surface area contributed by atoms with Gasteiger partial charge in [-0.05, 0) is 44.7 Å². The summed E-state index contributed by atoms with van der Waals surface area (Å²) in [6.07, 6.45) is 0.761. The van der Waals surface area contributed by atoms with Crippen molar-refractivity contribution in [3.05, 3.63) is 49.7 Å². The topological polar surface area (TPSA) is 29.9 Å². The zero-order valence-corrected chi connectivity index (χ0v) is 15.3. The van der Waals surface area contributed by atoms with Crippen LogP contribution in [0.15, 0.2) is 22.7 Å². The Morgan fingerprint density at radius 3 is 2.62 bits per heavy atom. The third-order valence-corrected chi connectivity index (χ3v) is 4.65. The second kappa shape index (κ2) is 7.14. The molecular weight excluding hydrogens is 373 g/mol. The molecule has 0 bridgehead atoms. The van der Waals surface area contributed by atoms with Crippen molar-refractivity contribution in [1.82, 2.24) is 15.1 Å². The first kappa shape index (κ1) is 16.8. The average molecular weight is 391 g/mol. The molecule has 0 fully saturated rings. The van der Waals surface area contributed by atoms with E-state index in [2.05, 4.69) is 39.3 Å². The summed E-state index contributed by atoms with van der Waals surface area (Å²) in [5.41, 5.74) is 3.04. The van der Waals surface area contributed by atoms with Crippen LogP contribution in [0.2, 0.25) is 10.0 Å². The quantitative estimate of drug-likeness (QED) is 0.795. The molecule has 1 aromatic heterocycles. The molecule has 0 amide bonds. The van der Waals surface area contributed by atoms with Gasteiger partial charge in [-0.3, -0.25) is 4.68 Å². The minimum atomic E-state index is 0.124. The van der Waals surface area contributed by atoms with Gasteiger partial charge in [-0.15, -0.1) is 0 Å².